The standard InChI is InChI=1S/C23H33FN2/c1-3-5-7-9-10-12-19-17-25-23(26-18-19)21-15-14-20(22(24)16-21)13-11-8-6-4-2/h14-18H,3-13H2,1-2H3. The molecule has 0 bridgehead atoms. The van der Waals surface area contributed by atoms with Gasteiger partial charge in [-0.1, -0.05) is 70.9 Å². The fourth-order valence-corrected chi connectivity index (χ4v) is 3.20. The molecule has 0 fully saturated rings. The molecule has 1 aromatic heterocycles. The average molecular weight is 357 g/mol. The maximum Gasteiger partial charge on any atom is 0.159 e. The van der Waals surface area contributed by atoms with Gasteiger partial charge < -0.3 is 0 Å². The van der Waals surface area contributed by atoms with E-state index >= 15 is 0 Å². The first-order chi connectivity index (χ1) is 12.7. The molecular weight excluding hydrogens is 323 g/mol. The molecule has 0 atom stereocenters. The summed E-state index contributed by atoms with van der Waals surface area (Å²) in [6.07, 6.45) is 16.6. The Morgan fingerprint density at radius 3 is 2.04 bits per heavy atom. The summed E-state index contributed by atoms with van der Waals surface area (Å²) in [5, 5.41) is 0. The number of rotatable bonds is 12. The highest BCUT2D eigenvalue weighted by Gasteiger charge is 2.07. The minimum Gasteiger partial charge on any atom is -0.236 e. The molecule has 1 aromatic carbocycles. The fraction of sp³-hybridized carbons (Fsp3) is 0.565. The van der Waals surface area contributed by atoms with Gasteiger partial charge in [-0.3, -0.25) is 0 Å². The molecule has 1 heterocycles. The largest absolute Gasteiger partial charge is 0.236 e. The van der Waals surface area contributed by atoms with E-state index in [0.29, 0.717) is 5.82 Å². The maximum atomic E-state index is 14.3. The van der Waals surface area contributed by atoms with Crippen LogP contribution in [0.5, 0.6) is 0 Å². The van der Waals surface area contributed by atoms with Gasteiger partial charge in [-0.25, -0.2) is 14.4 Å². The van der Waals surface area contributed by atoms with Crippen molar-refractivity contribution < 1.29 is 4.39 Å². The third kappa shape index (κ3) is 6.86. The van der Waals surface area contributed by atoms with Gasteiger partial charge in [0.05, 0.1) is 0 Å². The van der Waals surface area contributed by atoms with Crippen LogP contribution in [-0.2, 0) is 12.8 Å². The topological polar surface area (TPSA) is 25.8 Å². The molecule has 0 spiro atoms. The highest BCUT2D eigenvalue weighted by molar-refractivity contribution is 5.55. The summed E-state index contributed by atoms with van der Waals surface area (Å²) in [7, 11) is 0. The van der Waals surface area contributed by atoms with Crippen molar-refractivity contribution in [2.24, 2.45) is 0 Å². The number of hydrogen-bond donors (Lipinski definition) is 0. The smallest absolute Gasteiger partial charge is 0.159 e. The first-order valence-electron chi connectivity index (χ1n) is 10.3. The van der Waals surface area contributed by atoms with Gasteiger partial charge in [0.15, 0.2) is 5.82 Å². The van der Waals surface area contributed by atoms with Crippen molar-refractivity contribution in [1.82, 2.24) is 9.97 Å². The molecule has 3 heteroatoms. The molecule has 26 heavy (non-hydrogen) atoms. The van der Waals surface area contributed by atoms with Crippen LogP contribution in [0.1, 0.15) is 82.8 Å². The van der Waals surface area contributed by atoms with Gasteiger partial charge in [0.1, 0.15) is 5.82 Å². The lowest BCUT2D eigenvalue weighted by Gasteiger charge is -2.07. The summed E-state index contributed by atoms with van der Waals surface area (Å²) in [4.78, 5) is 8.89. The second-order valence-corrected chi connectivity index (χ2v) is 7.20. The Balaban J connectivity index is 1.88. The van der Waals surface area contributed by atoms with Crippen molar-refractivity contribution in [2.75, 3.05) is 0 Å². The zero-order valence-electron chi connectivity index (χ0n) is 16.4. The first kappa shape index (κ1) is 20.5. The Morgan fingerprint density at radius 1 is 0.769 bits per heavy atom. The average Bonchev–Trinajstić information content (AvgIpc) is 2.66. The lowest BCUT2D eigenvalue weighted by Crippen LogP contribution is -1.96. The summed E-state index contributed by atoms with van der Waals surface area (Å²) in [5.74, 6) is 0.471. The maximum absolute atomic E-state index is 14.3. The molecule has 0 unspecified atom stereocenters. The number of hydrogen-bond acceptors (Lipinski definition) is 2. The molecular formula is C23H33FN2. The van der Waals surface area contributed by atoms with Crippen LogP contribution in [0.15, 0.2) is 30.6 Å². The molecule has 0 aliphatic rings. The second kappa shape index (κ2) is 11.8. The van der Waals surface area contributed by atoms with Gasteiger partial charge in [-0.05, 0) is 42.9 Å². The Kier molecular flexibility index (Phi) is 9.30. The van der Waals surface area contributed by atoms with Crippen LogP contribution in [0, 0.1) is 5.82 Å². The zero-order valence-corrected chi connectivity index (χ0v) is 16.4. The fourth-order valence-electron chi connectivity index (χ4n) is 3.20. The minimum atomic E-state index is -0.136. The van der Waals surface area contributed by atoms with Crippen molar-refractivity contribution in [2.45, 2.75) is 84.5 Å². The number of aryl methyl sites for hydroxylation is 2. The molecule has 0 amide bonds. The zero-order chi connectivity index (χ0) is 18.6. The van der Waals surface area contributed by atoms with Crippen LogP contribution in [0.3, 0.4) is 0 Å². The van der Waals surface area contributed by atoms with E-state index in [0.717, 1.165) is 30.4 Å². The minimum absolute atomic E-state index is 0.136. The van der Waals surface area contributed by atoms with E-state index in [4.69, 9.17) is 0 Å². The summed E-state index contributed by atoms with van der Waals surface area (Å²) in [5.41, 5.74) is 2.72. The van der Waals surface area contributed by atoms with Crippen molar-refractivity contribution in [3.05, 3.63) is 47.5 Å². The van der Waals surface area contributed by atoms with Gasteiger partial charge in [0.2, 0.25) is 0 Å². The van der Waals surface area contributed by atoms with Crippen LogP contribution in [0.25, 0.3) is 11.4 Å². The van der Waals surface area contributed by atoms with Crippen molar-refractivity contribution in [1.29, 1.82) is 0 Å². The Hall–Kier alpha value is -1.77. The van der Waals surface area contributed by atoms with E-state index in [1.807, 2.05) is 24.5 Å². The first-order valence-corrected chi connectivity index (χ1v) is 10.3. The molecule has 0 saturated heterocycles. The Morgan fingerprint density at radius 2 is 1.38 bits per heavy atom. The number of benzene rings is 1. The number of nitrogens with zero attached hydrogens (tertiary/aromatic N) is 2. The van der Waals surface area contributed by atoms with Crippen LogP contribution in [-0.4, -0.2) is 9.97 Å². The normalized spacial score (nSPS) is 11.0. The number of aromatic nitrogens is 2. The molecule has 0 radical (unpaired) electrons. The summed E-state index contributed by atoms with van der Waals surface area (Å²) >= 11 is 0. The van der Waals surface area contributed by atoms with Crippen LogP contribution >= 0.6 is 0 Å². The van der Waals surface area contributed by atoms with Crippen LogP contribution in [0.4, 0.5) is 4.39 Å². The van der Waals surface area contributed by atoms with Gasteiger partial charge >= 0.3 is 0 Å². The molecule has 0 saturated carbocycles. The van der Waals surface area contributed by atoms with E-state index < -0.39 is 0 Å². The van der Waals surface area contributed by atoms with Gasteiger partial charge in [-0.15, -0.1) is 0 Å². The van der Waals surface area contributed by atoms with Gasteiger partial charge in [0.25, 0.3) is 0 Å². The lowest BCUT2D eigenvalue weighted by atomic mass is 10.0. The van der Waals surface area contributed by atoms with Crippen LogP contribution in [0.2, 0.25) is 0 Å². The Bertz CT molecular complexity index is 637. The molecule has 2 rings (SSSR count). The second-order valence-electron chi connectivity index (χ2n) is 7.20. The monoisotopic (exact) mass is 356 g/mol. The molecule has 2 nitrogen and oxygen atoms in total. The highest BCUT2D eigenvalue weighted by atomic mass is 19.1. The third-order valence-electron chi connectivity index (χ3n) is 4.89. The van der Waals surface area contributed by atoms with Crippen LogP contribution < -0.4 is 0 Å². The van der Waals surface area contributed by atoms with Gasteiger partial charge in [0, 0.05) is 18.0 Å². The predicted molar refractivity (Wildman–Crippen MR) is 108 cm³/mol. The molecule has 2 aromatic rings. The molecule has 0 aliphatic carbocycles. The van der Waals surface area contributed by atoms with E-state index in [1.54, 1.807) is 6.07 Å². The van der Waals surface area contributed by atoms with E-state index in [2.05, 4.69) is 23.8 Å². The summed E-state index contributed by atoms with van der Waals surface area (Å²) < 4.78 is 14.3. The number of halogens is 1. The quantitative estimate of drug-likeness (QED) is 0.386. The highest BCUT2D eigenvalue weighted by Crippen LogP contribution is 2.20. The number of unbranched alkanes of at least 4 members (excludes halogenated alkanes) is 7. The SMILES string of the molecule is CCCCCCCc1cnc(-c2ccc(CCCCCC)c(F)c2)nc1. The lowest BCUT2D eigenvalue weighted by molar-refractivity contribution is 0.594. The van der Waals surface area contributed by atoms with Crippen molar-refractivity contribution >= 4 is 0 Å². The molecule has 0 N–H and O–H groups in total. The Labute approximate surface area is 158 Å². The predicted octanol–water partition coefficient (Wildman–Crippen LogP) is 6.92. The van der Waals surface area contributed by atoms with Crippen molar-refractivity contribution in [3.63, 3.8) is 0 Å². The van der Waals surface area contributed by atoms with Crippen molar-refractivity contribution in [3.8, 4) is 11.4 Å². The molecule has 142 valence electrons. The summed E-state index contributed by atoms with van der Waals surface area (Å²) in [6, 6.07) is 5.41. The summed E-state index contributed by atoms with van der Waals surface area (Å²) in [6.45, 7) is 4.42. The van der Waals surface area contributed by atoms with E-state index in [1.165, 1.54) is 56.9 Å². The van der Waals surface area contributed by atoms with Gasteiger partial charge in [-0.2, -0.15) is 0 Å². The third-order valence-corrected chi connectivity index (χ3v) is 4.89. The van der Waals surface area contributed by atoms with E-state index in [9.17, 15) is 4.39 Å². The molecule has 0 aliphatic heterocycles. The van der Waals surface area contributed by atoms with E-state index in [-0.39, 0.29) is 5.82 Å².